The average molecular weight is 198 g/mol. The number of rotatable bonds is 2. The minimum absolute atomic E-state index is 0.573. The molecule has 2 aromatic carbocycles. The third kappa shape index (κ3) is 1.79. The maximum Gasteiger partial charge on any atom is 0.100 e. The second-order valence-corrected chi connectivity index (χ2v) is 3.82. The van der Waals surface area contributed by atoms with Crippen molar-refractivity contribution in [3.8, 4) is 0 Å². The minimum atomic E-state index is -0.573. The second-order valence-electron chi connectivity index (χ2n) is 3.82. The van der Waals surface area contributed by atoms with E-state index in [-0.39, 0.29) is 0 Å². The van der Waals surface area contributed by atoms with E-state index in [9.17, 15) is 5.11 Å². The van der Waals surface area contributed by atoms with Gasteiger partial charge in [-0.3, -0.25) is 0 Å². The lowest BCUT2D eigenvalue weighted by Gasteiger charge is -2.13. The third-order valence-corrected chi connectivity index (χ3v) is 2.58. The number of benzene rings is 2. The van der Waals surface area contributed by atoms with E-state index in [4.69, 9.17) is 0 Å². The summed E-state index contributed by atoms with van der Waals surface area (Å²) in [6.07, 6.45) is -0.573. The van der Waals surface area contributed by atoms with Gasteiger partial charge in [0, 0.05) is 0 Å². The monoisotopic (exact) mass is 198 g/mol. The third-order valence-electron chi connectivity index (χ3n) is 2.58. The Labute approximate surface area is 89.7 Å². The van der Waals surface area contributed by atoms with Gasteiger partial charge in [0.2, 0.25) is 0 Å². The van der Waals surface area contributed by atoms with E-state index in [2.05, 4.69) is 6.58 Å². The van der Waals surface area contributed by atoms with Crippen molar-refractivity contribution >= 4 is 10.8 Å². The highest BCUT2D eigenvalue weighted by Gasteiger charge is 2.10. The maximum absolute atomic E-state index is 10.00. The molecule has 2 aromatic rings. The molecule has 0 saturated carbocycles. The first-order valence-electron chi connectivity index (χ1n) is 5.01. The molecule has 1 heteroatoms. The van der Waals surface area contributed by atoms with Crippen LogP contribution in [0.4, 0.5) is 0 Å². The first-order valence-corrected chi connectivity index (χ1v) is 5.01. The predicted octanol–water partition coefficient (Wildman–Crippen LogP) is 3.45. The quantitative estimate of drug-likeness (QED) is 0.733. The van der Waals surface area contributed by atoms with Crippen LogP contribution in [0.2, 0.25) is 0 Å². The molecule has 1 atom stereocenters. The molecule has 0 spiro atoms. The van der Waals surface area contributed by atoms with Gasteiger partial charge in [0.05, 0.1) is 0 Å². The van der Waals surface area contributed by atoms with E-state index in [1.54, 1.807) is 0 Å². The fourth-order valence-electron chi connectivity index (χ4n) is 1.75. The molecule has 1 nitrogen and oxygen atoms in total. The van der Waals surface area contributed by atoms with E-state index in [1.807, 2.05) is 49.4 Å². The van der Waals surface area contributed by atoms with Crippen LogP contribution in [0.25, 0.3) is 10.8 Å². The van der Waals surface area contributed by atoms with Gasteiger partial charge < -0.3 is 5.11 Å². The van der Waals surface area contributed by atoms with Gasteiger partial charge in [0.1, 0.15) is 6.10 Å². The summed E-state index contributed by atoms with van der Waals surface area (Å²) in [4.78, 5) is 0. The highest BCUT2D eigenvalue weighted by molar-refractivity contribution is 5.86. The van der Waals surface area contributed by atoms with Crippen LogP contribution < -0.4 is 0 Å². The Morgan fingerprint density at radius 2 is 1.80 bits per heavy atom. The summed E-state index contributed by atoms with van der Waals surface area (Å²) in [5.74, 6) is 0. The lowest BCUT2D eigenvalue weighted by molar-refractivity contribution is 0.218. The Balaban J connectivity index is 2.65. The van der Waals surface area contributed by atoms with Gasteiger partial charge in [-0.25, -0.2) is 0 Å². The van der Waals surface area contributed by atoms with Gasteiger partial charge in [0.25, 0.3) is 0 Å². The molecule has 2 rings (SSSR count). The summed E-state index contributed by atoms with van der Waals surface area (Å²) in [7, 11) is 0. The molecule has 1 N–H and O–H groups in total. The Kier molecular flexibility index (Phi) is 2.57. The molecule has 1 unspecified atom stereocenters. The van der Waals surface area contributed by atoms with E-state index < -0.39 is 6.10 Å². The number of fused-ring (bicyclic) bond motifs is 1. The molecule has 0 radical (unpaired) electrons. The minimum Gasteiger partial charge on any atom is -0.384 e. The Bertz CT molecular complexity index is 494. The van der Waals surface area contributed by atoms with Crippen LogP contribution in [0.1, 0.15) is 18.6 Å². The van der Waals surface area contributed by atoms with Gasteiger partial charge in [0.15, 0.2) is 0 Å². The second kappa shape index (κ2) is 3.87. The lowest BCUT2D eigenvalue weighted by Crippen LogP contribution is -1.98. The fraction of sp³-hybridized carbons (Fsp3) is 0.143. The molecule has 0 heterocycles. The molecule has 15 heavy (non-hydrogen) atoms. The van der Waals surface area contributed by atoms with Crippen LogP contribution >= 0.6 is 0 Å². The van der Waals surface area contributed by atoms with Crippen molar-refractivity contribution in [2.24, 2.45) is 0 Å². The van der Waals surface area contributed by atoms with Crippen molar-refractivity contribution in [1.82, 2.24) is 0 Å². The molecule has 0 amide bonds. The number of hydrogen-bond acceptors (Lipinski definition) is 1. The lowest BCUT2D eigenvalue weighted by atomic mass is 9.97. The van der Waals surface area contributed by atoms with Crippen LogP contribution in [0.15, 0.2) is 54.6 Å². The van der Waals surface area contributed by atoms with Crippen molar-refractivity contribution in [2.75, 3.05) is 0 Å². The topological polar surface area (TPSA) is 20.2 Å². The first kappa shape index (κ1) is 9.94. The Morgan fingerprint density at radius 1 is 1.13 bits per heavy atom. The summed E-state index contributed by atoms with van der Waals surface area (Å²) in [5, 5.41) is 12.2. The number of hydrogen-bond donors (Lipinski definition) is 1. The van der Waals surface area contributed by atoms with Crippen LogP contribution in [-0.2, 0) is 0 Å². The SMILES string of the molecule is C=C(C)C(O)c1cccc2ccccc12. The molecule has 0 bridgehead atoms. The van der Waals surface area contributed by atoms with Crippen LogP contribution in [0, 0.1) is 0 Å². The molecule has 76 valence electrons. The molecule has 0 fully saturated rings. The molecular weight excluding hydrogens is 184 g/mol. The van der Waals surface area contributed by atoms with E-state index in [1.165, 1.54) is 0 Å². The molecule has 0 aliphatic carbocycles. The van der Waals surface area contributed by atoms with Crippen molar-refractivity contribution in [1.29, 1.82) is 0 Å². The standard InChI is InChI=1S/C14H14O/c1-10(2)14(15)13-9-5-7-11-6-3-4-8-12(11)13/h3-9,14-15H,1H2,2H3. The molecule has 0 aliphatic rings. The van der Waals surface area contributed by atoms with Crippen LogP contribution in [0.5, 0.6) is 0 Å². The van der Waals surface area contributed by atoms with Crippen molar-refractivity contribution < 1.29 is 5.11 Å². The summed E-state index contributed by atoms with van der Waals surface area (Å²) in [6, 6.07) is 14.0. The summed E-state index contributed by atoms with van der Waals surface area (Å²) >= 11 is 0. The van der Waals surface area contributed by atoms with Crippen LogP contribution in [0.3, 0.4) is 0 Å². The highest BCUT2D eigenvalue weighted by atomic mass is 16.3. The van der Waals surface area contributed by atoms with E-state index in [0.29, 0.717) is 0 Å². The smallest absolute Gasteiger partial charge is 0.100 e. The largest absolute Gasteiger partial charge is 0.384 e. The molecule has 0 saturated heterocycles. The average Bonchev–Trinajstić information content (AvgIpc) is 2.27. The molecular formula is C14H14O. The zero-order valence-electron chi connectivity index (χ0n) is 8.77. The van der Waals surface area contributed by atoms with Gasteiger partial charge in [-0.1, -0.05) is 49.0 Å². The maximum atomic E-state index is 10.00. The van der Waals surface area contributed by atoms with E-state index in [0.717, 1.165) is 21.9 Å². The number of aliphatic hydroxyl groups is 1. The van der Waals surface area contributed by atoms with Crippen molar-refractivity contribution in [3.63, 3.8) is 0 Å². The summed E-state index contributed by atoms with van der Waals surface area (Å²) < 4.78 is 0. The van der Waals surface area contributed by atoms with Gasteiger partial charge in [-0.2, -0.15) is 0 Å². The fourth-order valence-corrected chi connectivity index (χ4v) is 1.75. The Morgan fingerprint density at radius 3 is 2.53 bits per heavy atom. The first-order chi connectivity index (χ1) is 7.20. The molecule has 0 aromatic heterocycles. The Hall–Kier alpha value is -1.60. The zero-order valence-corrected chi connectivity index (χ0v) is 8.77. The van der Waals surface area contributed by atoms with E-state index >= 15 is 0 Å². The molecule has 0 aliphatic heterocycles. The summed E-state index contributed by atoms with van der Waals surface area (Å²) in [5.41, 5.74) is 1.70. The van der Waals surface area contributed by atoms with Gasteiger partial charge >= 0.3 is 0 Å². The highest BCUT2D eigenvalue weighted by Crippen LogP contribution is 2.27. The zero-order chi connectivity index (χ0) is 10.8. The van der Waals surface area contributed by atoms with Crippen LogP contribution in [-0.4, -0.2) is 5.11 Å². The van der Waals surface area contributed by atoms with Gasteiger partial charge in [-0.05, 0) is 28.8 Å². The summed E-state index contributed by atoms with van der Waals surface area (Å²) in [6.45, 7) is 5.63. The predicted molar refractivity (Wildman–Crippen MR) is 63.7 cm³/mol. The number of aliphatic hydroxyl groups excluding tert-OH is 1. The van der Waals surface area contributed by atoms with Crippen molar-refractivity contribution in [2.45, 2.75) is 13.0 Å². The normalized spacial score (nSPS) is 12.7. The van der Waals surface area contributed by atoms with Gasteiger partial charge in [-0.15, -0.1) is 0 Å². The van der Waals surface area contributed by atoms with Crippen molar-refractivity contribution in [3.05, 3.63) is 60.2 Å².